The lowest BCUT2D eigenvalue weighted by Gasteiger charge is -2.36. The van der Waals surface area contributed by atoms with E-state index >= 15 is 0 Å². The maximum Gasteiger partial charge on any atom is 0.285 e. The molecule has 1 amide bonds. The standard InChI is InChI=1S/C20H21Cl2IN2O2/c1-4-14-9-11-15(12-10-14)18(26)13-20(2,3)25(22)24(21)19(27)16-7-5-6-8-17(16)23/h5-12H,4,13H2,1-3H3. The molecule has 0 heterocycles. The number of nitrogens with zero attached hydrogens (tertiary/aromatic N) is 2. The van der Waals surface area contributed by atoms with Crippen molar-refractivity contribution in [3.8, 4) is 0 Å². The van der Waals surface area contributed by atoms with E-state index in [1.54, 1.807) is 26.0 Å². The number of hydrogen-bond acceptors (Lipinski definition) is 3. The zero-order valence-electron chi connectivity index (χ0n) is 15.4. The molecule has 0 fully saturated rings. The molecule has 144 valence electrons. The van der Waals surface area contributed by atoms with Gasteiger partial charge in [-0.3, -0.25) is 9.59 Å². The van der Waals surface area contributed by atoms with E-state index in [-0.39, 0.29) is 12.2 Å². The van der Waals surface area contributed by atoms with Gasteiger partial charge in [0.05, 0.1) is 11.1 Å². The molecule has 0 radical (unpaired) electrons. The van der Waals surface area contributed by atoms with Gasteiger partial charge in [0.2, 0.25) is 0 Å². The van der Waals surface area contributed by atoms with Gasteiger partial charge in [-0.25, -0.2) is 0 Å². The number of hydrazine groups is 1. The zero-order chi connectivity index (χ0) is 20.2. The number of halogens is 3. The molecule has 0 bridgehead atoms. The number of carbonyl (C=O) groups excluding carboxylic acids is 2. The largest absolute Gasteiger partial charge is 0.294 e. The van der Waals surface area contributed by atoms with E-state index in [0.29, 0.717) is 11.1 Å². The Hall–Kier alpha value is -1.15. The van der Waals surface area contributed by atoms with Gasteiger partial charge in [-0.2, -0.15) is 4.53 Å². The fraction of sp³-hybridized carbons (Fsp3) is 0.300. The molecule has 7 heteroatoms. The summed E-state index contributed by atoms with van der Waals surface area (Å²) < 4.78 is 2.67. The van der Waals surface area contributed by atoms with Gasteiger partial charge >= 0.3 is 0 Å². The van der Waals surface area contributed by atoms with Crippen LogP contribution in [0.2, 0.25) is 0 Å². The van der Waals surface area contributed by atoms with Crippen LogP contribution < -0.4 is 0 Å². The number of benzene rings is 2. The molecule has 4 nitrogen and oxygen atoms in total. The van der Waals surface area contributed by atoms with E-state index in [1.807, 2.05) is 36.4 Å². The summed E-state index contributed by atoms with van der Waals surface area (Å²) in [5.74, 6) is -0.524. The highest BCUT2D eigenvalue weighted by molar-refractivity contribution is 14.1. The first-order valence-electron chi connectivity index (χ1n) is 8.50. The van der Waals surface area contributed by atoms with Crippen LogP contribution in [0.5, 0.6) is 0 Å². The molecule has 0 unspecified atom stereocenters. The monoisotopic (exact) mass is 518 g/mol. The molecular weight excluding hydrogens is 498 g/mol. The lowest BCUT2D eigenvalue weighted by Crippen LogP contribution is -2.48. The molecular formula is C20H21Cl2IN2O2. The van der Waals surface area contributed by atoms with Crippen LogP contribution >= 0.6 is 46.1 Å². The van der Waals surface area contributed by atoms with E-state index in [2.05, 4.69) is 29.5 Å². The van der Waals surface area contributed by atoms with Crippen LogP contribution in [0.25, 0.3) is 0 Å². The van der Waals surface area contributed by atoms with Gasteiger partial charge in [0.1, 0.15) is 0 Å². The van der Waals surface area contributed by atoms with Gasteiger partial charge in [0.25, 0.3) is 5.91 Å². The van der Waals surface area contributed by atoms with Crippen molar-refractivity contribution in [3.63, 3.8) is 0 Å². The zero-order valence-corrected chi connectivity index (χ0v) is 19.0. The highest BCUT2D eigenvalue weighted by atomic mass is 127. The minimum absolute atomic E-state index is 0.0693. The Kier molecular flexibility index (Phi) is 7.68. The molecule has 0 aromatic heterocycles. The van der Waals surface area contributed by atoms with Crippen LogP contribution in [-0.2, 0) is 6.42 Å². The van der Waals surface area contributed by atoms with E-state index in [1.165, 1.54) is 5.56 Å². The Morgan fingerprint density at radius 1 is 1.04 bits per heavy atom. The summed E-state index contributed by atoms with van der Waals surface area (Å²) in [5, 5.41) is 0. The normalized spacial score (nSPS) is 11.5. The lowest BCUT2D eigenvalue weighted by atomic mass is 9.94. The molecule has 0 aliphatic carbocycles. The van der Waals surface area contributed by atoms with Gasteiger partial charge in [-0.1, -0.05) is 43.3 Å². The van der Waals surface area contributed by atoms with E-state index in [4.69, 9.17) is 23.6 Å². The Labute approximate surface area is 183 Å². The minimum atomic E-state index is -0.875. The van der Waals surface area contributed by atoms with E-state index in [0.717, 1.165) is 19.0 Å². The smallest absolute Gasteiger partial charge is 0.285 e. The van der Waals surface area contributed by atoms with E-state index in [9.17, 15) is 9.59 Å². The molecule has 0 aliphatic rings. The van der Waals surface area contributed by atoms with Crippen molar-refractivity contribution in [1.29, 1.82) is 0 Å². The number of hydrogen-bond donors (Lipinski definition) is 0. The molecule has 0 saturated carbocycles. The molecule has 0 aliphatic heterocycles. The highest BCUT2D eigenvalue weighted by Gasteiger charge is 2.36. The summed E-state index contributed by atoms with van der Waals surface area (Å²) in [5.41, 5.74) is 1.34. The van der Waals surface area contributed by atoms with Crippen molar-refractivity contribution in [3.05, 3.63) is 68.8 Å². The first-order chi connectivity index (χ1) is 12.7. The summed E-state index contributed by atoms with van der Waals surface area (Å²) in [6, 6.07) is 14.6. The summed E-state index contributed by atoms with van der Waals surface area (Å²) >= 11 is 14.6. The Balaban J connectivity index is 2.12. The maximum atomic E-state index is 12.7. The van der Waals surface area contributed by atoms with Crippen molar-refractivity contribution in [1.82, 2.24) is 9.06 Å². The van der Waals surface area contributed by atoms with Gasteiger partial charge in [-0.15, -0.1) is 4.53 Å². The average Bonchev–Trinajstić information content (AvgIpc) is 2.66. The summed E-state index contributed by atoms with van der Waals surface area (Å²) in [6.07, 6.45) is 1.02. The maximum absolute atomic E-state index is 12.7. The fourth-order valence-corrected chi connectivity index (χ4v) is 3.58. The molecule has 2 rings (SSSR count). The fourth-order valence-electron chi connectivity index (χ4n) is 2.54. The predicted molar refractivity (Wildman–Crippen MR) is 118 cm³/mol. The van der Waals surface area contributed by atoms with Crippen molar-refractivity contribution >= 4 is 57.8 Å². The van der Waals surface area contributed by atoms with Crippen molar-refractivity contribution in [2.45, 2.75) is 39.2 Å². The summed E-state index contributed by atoms with van der Waals surface area (Å²) in [4.78, 5) is 25.3. The third kappa shape index (κ3) is 5.44. The number of ketones is 1. The third-order valence-corrected chi connectivity index (χ3v) is 6.13. The van der Waals surface area contributed by atoms with Gasteiger partial charge in [-0.05, 0) is 60.6 Å². The SMILES string of the molecule is CCc1ccc(C(=O)CC(C)(C)N(Cl)N(Cl)C(=O)c2ccccc2I)cc1. The number of carbonyl (C=O) groups is 2. The first-order valence-corrected chi connectivity index (χ1v) is 10.3. The second kappa shape index (κ2) is 9.37. The second-order valence-electron chi connectivity index (χ2n) is 6.77. The summed E-state index contributed by atoms with van der Waals surface area (Å²) in [6.45, 7) is 5.58. The number of amides is 1. The average molecular weight is 519 g/mol. The summed E-state index contributed by atoms with van der Waals surface area (Å²) in [7, 11) is 0. The predicted octanol–water partition coefficient (Wildman–Crippen LogP) is 5.87. The molecule has 27 heavy (non-hydrogen) atoms. The van der Waals surface area contributed by atoms with Crippen LogP contribution in [-0.4, -0.2) is 26.3 Å². The first kappa shape index (κ1) is 22.1. The third-order valence-electron chi connectivity index (χ3n) is 4.20. The molecule has 0 atom stereocenters. The molecule has 0 N–H and O–H groups in total. The topological polar surface area (TPSA) is 40.6 Å². The minimum Gasteiger partial charge on any atom is -0.294 e. The Morgan fingerprint density at radius 3 is 2.19 bits per heavy atom. The van der Waals surface area contributed by atoms with Gasteiger partial charge in [0.15, 0.2) is 5.78 Å². The van der Waals surface area contributed by atoms with E-state index < -0.39 is 11.4 Å². The van der Waals surface area contributed by atoms with Crippen LogP contribution in [0, 0.1) is 3.57 Å². The molecule has 2 aromatic carbocycles. The number of Topliss-reactive ketones (excluding diaryl/α,β-unsaturated/α-hetero) is 1. The highest BCUT2D eigenvalue weighted by Crippen LogP contribution is 2.29. The molecule has 0 spiro atoms. The molecule has 0 saturated heterocycles. The lowest BCUT2D eigenvalue weighted by molar-refractivity contribution is 0.0373. The van der Waals surface area contributed by atoms with Crippen molar-refractivity contribution in [2.24, 2.45) is 0 Å². The van der Waals surface area contributed by atoms with Crippen LogP contribution in [0.15, 0.2) is 48.5 Å². The van der Waals surface area contributed by atoms with Crippen molar-refractivity contribution < 1.29 is 9.59 Å². The molecule has 2 aromatic rings. The Morgan fingerprint density at radius 2 is 1.63 bits per heavy atom. The van der Waals surface area contributed by atoms with Crippen molar-refractivity contribution in [2.75, 3.05) is 0 Å². The second-order valence-corrected chi connectivity index (χ2v) is 8.57. The van der Waals surface area contributed by atoms with Gasteiger partial charge in [0, 0.05) is 39.1 Å². The van der Waals surface area contributed by atoms with Crippen LogP contribution in [0.4, 0.5) is 0 Å². The van der Waals surface area contributed by atoms with Crippen LogP contribution in [0.3, 0.4) is 0 Å². The number of rotatable bonds is 7. The Bertz CT molecular complexity index is 825. The van der Waals surface area contributed by atoms with Gasteiger partial charge < -0.3 is 0 Å². The number of aryl methyl sites for hydroxylation is 1. The van der Waals surface area contributed by atoms with Crippen LogP contribution in [0.1, 0.15) is 53.5 Å². The quantitative estimate of drug-likeness (QED) is 0.199.